The molecule has 0 aliphatic carbocycles. The Hall–Kier alpha value is -4.41. The molecule has 4 rings (SSSR count). The summed E-state index contributed by atoms with van der Waals surface area (Å²) in [5, 5.41) is 5.58. The Kier molecular flexibility index (Phi) is 9.36. The summed E-state index contributed by atoms with van der Waals surface area (Å²) < 4.78 is 39.6. The van der Waals surface area contributed by atoms with Gasteiger partial charge in [-0.3, -0.25) is 14.8 Å². The number of hydrogen-bond acceptors (Lipinski definition) is 6. The third-order valence-corrected chi connectivity index (χ3v) is 7.49. The first kappa shape index (κ1) is 28.6. The van der Waals surface area contributed by atoms with Gasteiger partial charge < -0.3 is 14.8 Å². The molecule has 0 radical (unpaired) electrons. The quantitative estimate of drug-likeness (QED) is 0.165. The van der Waals surface area contributed by atoms with E-state index in [1.165, 1.54) is 12.1 Å². The van der Waals surface area contributed by atoms with Crippen molar-refractivity contribution >= 4 is 44.6 Å². The first-order valence-corrected chi connectivity index (χ1v) is 14.3. The second-order valence-electron chi connectivity index (χ2n) is 8.84. The minimum atomic E-state index is -3.78. The summed E-state index contributed by atoms with van der Waals surface area (Å²) in [6.45, 7) is 4.44. The number of carbonyl (C=O) groups is 1. The maximum absolute atomic E-state index is 12.9. The van der Waals surface area contributed by atoms with E-state index in [0.29, 0.717) is 29.3 Å². The first-order chi connectivity index (χ1) is 19.2. The molecule has 1 amide bonds. The molecule has 0 aromatic heterocycles. The Balaban J connectivity index is 1.31. The Bertz CT molecular complexity index is 1590. The van der Waals surface area contributed by atoms with Crippen molar-refractivity contribution < 1.29 is 22.7 Å². The van der Waals surface area contributed by atoms with Crippen molar-refractivity contribution in [3.05, 3.63) is 114 Å². The lowest BCUT2D eigenvalue weighted by Gasteiger charge is -2.14. The molecule has 40 heavy (non-hydrogen) atoms. The monoisotopic (exact) mass is 575 g/mol. The molecule has 4 aromatic carbocycles. The minimum absolute atomic E-state index is 0.0519. The second-order valence-corrected chi connectivity index (χ2v) is 10.9. The van der Waals surface area contributed by atoms with Gasteiger partial charge in [-0.25, -0.2) is 8.42 Å². The van der Waals surface area contributed by atoms with E-state index in [2.05, 4.69) is 15.4 Å². The predicted octanol–water partition coefficient (Wildman–Crippen LogP) is 5.69. The highest BCUT2D eigenvalue weighted by Gasteiger charge is 2.16. The molecule has 0 heterocycles. The molecule has 206 valence electrons. The van der Waals surface area contributed by atoms with Gasteiger partial charge in [0.05, 0.1) is 10.5 Å². The fourth-order valence-electron chi connectivity index (χ4n) is 3.68. The third-order valence-electron chi connectivity index (χ3n) is 5.89. The van der Waals surface area contributed by atoms with Crippen LogP contribution in [0.15, 0.2) is 102 Å². The molecular weight excluding hydrogens is 546 g/mol. The maximum Gasteiger partial charge on any atom is 0.261 e. The van der Waals surface area contributed by atoms with Crippen LogP contribution in [0.3, 0.4) is 0 Å². The fourth-order valence-corrected chi connectivity index (χ4v) is 4.94. The van der Waals surface area contributed by atoms with Crippen LogP contribution in [0.4, 0.5) is 11.4 Å². The van der Waals surface area contributed by atoms with Crippen molar-refractivity contribution in [2.45, 2.75) is 18.7 Å². The van der Waals surface area contributed by atoms with Crippen LogP contribution in [0.1, 0.15) is 21.5 Å². The summed E-state index contributed by atoms with van der Waals surface area (Å²) in [5.74, 6) is 0.677. The van der Waals surface area contributed by atoms with Crippen molar-refractivity contribution in [1.29, 1.82) is 0 Å². The predicted molar refractivity (Wildman–Crippen MR) is 161 cm³/mol. The van der Waals surface area contributed by atoms with Gasteiger partial charge in [0.1, 0.15) is 24.7 Å². The average Bonchev–Trinajstić information content (AvgIpc) is 2.94. The number of thiocarbonyl (C=S) groups is 1. The molecule has 4 aromatic rings. The van der Waals surface area contributed by atoms with Gasteiger partial charge in [0.15, 0.2) is 5.11 Å². The molecule has 0 aliphatic rings. The molecule has 0 aliphatic heterocycles. The smallest absolute Gasteiger partial charge is 0.261 e. The van der Waals surface area contributed by atoms with E-state index in [1.54, 1.807) is 48.5 Å². The number of hydrogen-bond donors (Lipinski definition) is 3. The summed E-state index contributed by atoms with van der Waals surface area (Å²) in [5.41, 5.74) is 3.37. The molecule has 10 heteroatoms. The van der Waals surface area contributed by atoms with E-state index in [0.717, 1.165) is 16.9 Å². The number of nitrogens with one attached hydrogen (secondary N) is 3. The van der Waals surface area contributed by atoms with E-state index in [1.807, 2.05) is 50.2 Å². The van der Waals surface area contributed by atoms with Gasteiger partial charge in [-0.1, -0.05) is 36.4 Å². The molecule has 0 spiro atoms. The van der Waals surface area contributed by atoms with Crippen LogP contribution >= 0.6 is 12.2 Å². The molecule has 0 atom stereocenters. The molecule has 0 fully saturated rings. The number of para-hydroxylation sites is 2. The number of amides is 1. The molecule has 0 saturated carbocycles. The number of anilines is 2. The topological polar surface area (TPSA) is 106 Å². The SMILES string of the molecule is Cc1ccc(NS(=O)(=O)c2ccc(NC(=S)NC(=O)c3ccccc3OCCOc3ccccc3)cc2)cc1C. The highest BCUT2D eigenvalue weighted by atomic mass is 32.2. The van der Waals surface area contributed by atoms with E-state index >= 15 is 0 Å². The standard InChI is InChI=1S/C30H29N3O5S2/c1-21-12-13-24(20-22(21)2)33-40(35,36)26-16-14-23(15-17-26)31-30(39)32-29(34)27-10-6-7-11-28(27)38-19-18-37-25-8-4-3-5-9-25/h3-17,20,33H,18-19H2,1-2H3,(H2,31,32,34,39). The summed E-state index contributed by atoms with van der Waals surface area (Å²) in [6, 6.07) is 27.6. The maximum atomic E-state index is 12.9. The average molecular weight is 576 g/mol. The second kappa shape index (κ2) is 13.1. The van der Waals surface area contributed by atoms with Crippen molar-refractivity contribution in [1.82, 2.24) is 5.32 Å². The Morgan fingerprint density at radius 1 is 0.775 bits per heavy atom. The first-order valence-electron chi connectivity index (χ1n) is 12.4. The molecule has 3 N–H and O–H groups in total. The van der Waals surface area contributed by atoms with E-state index in [4.69, 9.17) is 21.7 Å². The fraction of sp³-hybridized carbons (Fsp3) is 0.133. The van der Waals surface area contributed by atoms with Gasteiger partial charge in [0, 0.05) is 11.4 Å². The lowest BCUT2D eigenvalue weighted by Crippen LogP contribution is -2.34. The van der Waals surface area contributed by atoms with Crippen LogP contribution in [-0.4, -0.2) is 32.7 Å². The molecule has 0 unspecified atom stereocenters. The number of benzene rings is 4. The van der Waals surface area contributed by atoms with E-state index in [-0.39, 0.29) is 16.6 Å². The zero-order valence-electron chi connectivity index (χ0n) is 22.0. The highest BCUT2D eigenvalue weighted by Crippen LogP contribution is 2.21. The van der Waals surface area contributed by atoms with Gasteiger partial charge in [0.25, 0.3) is 15.9 Å². The van der Waals surface area contributed by atoms with Gasteiger partial charge in [-0.2, -0.15) is 0 Å². The van der Waals surface area contributed by atoms with Gasteiger partial charge in [-0.15, -0.1) is 0 Å². The Labute approximate surface area is 239 Å². The Morgan fingerprint density at radius 2 is 1.43 bits per heavy atom. The Morgan fingerprint density at radius 3 is 2.15 bits per heavy atom. The van der Waals surface area contributed by atoms with Crippen LogP contribution in [0.25, 0.3) is 0 Å². The summed E-state index contributed by atoms with van der Waals surface area (Å²) in [6.07, 6.45) is 0. The van der Waals surface area contributed by atoms with Crippen LogP contribution in [0.5, 0.6) is 11.5 Å². The summed E-state index contributed by atoms with van der Waals surface area (Å²) in [7, 11) is -3.78. The zero-order chi connectivity index (χ0) is 28.5. The molecule has 0 saturated heterocycles. The lowest BCUT2D eigenvalue weighted by atomic mass is 10.1. The zero-order valence-corrected chi connectivity index (χ0v) is 23.6. The minimum Gasteiger partial charge on any atom is -0.490 e. The van der Waals surface area contributed by atoms with Crippen LogP contribution in [0.2, 0.25) is 0 Å². The lowest BCUT2D eigenvalue weighted by molar-refractivity contribution is 0.0972. The van der Waals surface area contributed by atoms with Crippen LogP contribution < -0.4 is 24.8 Å². The third kappa shape index (κ3) is 7.81. The largest absolute Gasteiger partial charge is 0.490 e. The van der Waals surface area contributed by atoms with Crippen molar-refractivity contribution in [2.24, 2.45) is 0 Å². The highest BCUT2D eigenvalue weighted by molar-refractivity contribution is 7.92. The molecule has 0 bridgehead atoms. The number of aryl methyl sites for hydroxylation is 2. The number of sulfonamides is 1. The van der Waals surface area contributed by atoms with Crippen LogP contribution in [0, 0.1) is 13.8 Å². The number of carbonyl (C=O) groups excluding carboxylic acids is 1. The van der Waals surface area contributed by atoms with Gasteiger partial charge in [0.2, 0.25) is 0 Å². The van der Waals surface area contributed by atoms with Gasteiger partial charge in [-0.05, 0) is 97.9 Å². The van der Waals surface area contributed by atoms with E-state index < -0.39 is 15.9 Å². The van der Waals surface area contributed by atoms with Crippen molar-refractivity contribution in [2.75, 3.05) is 23.3 Å². The number of rotatable bonds is 10. The normalized spacial score (nSPS) is 10.8. The van der Waals surface area contributed by atoms with E-state index in [9.17, 15) is 13.2 Å². The van der Waals surface area contributed by atoms with Crippen molar-refractivity contribution in [3.8, 4) is 11.5 Å². The molecular formula is C30H29N3O5S2. The van der Waals surface area contributed by atoms with Gasteiger partial charge >= 0.3 is 0 Å². The summed E-state index contributed by atoms with van der Waals surface area (Å²) in [4.78, 5) is 13.0. The van der Waals surface area contributed by atoms with Crippen molar-refractivity contribution in [3.63, 3.8) is 0 Å². The summed E-state index contributed by atoms with van der Waals surface area (Å²) >= 11 is 5.30. The number of ether oxygens (including phenoxy) is 2. The van der Waals surface area contributed by atoms with Crippen LogP contribution in [-0.2, 0) is 10.0 Å². The molecule has 8 nitrogen and oxygen atoms in total.